The summed E-state index contributed by atoms with van der Waals surface area (Å²) >= 11 is 0. The molecular formula is C19H18F3N3O3. The third kappa shape index (κ3) is 5.01. The highest BCUT2D eigenvalue weighted by atomic mass is 19.3. The van der Waals surface area contributed by atoms with Gasteiger partial charge in [-0.05, 0) is 49.0 Å². The van der Waals surface area contributed by atoms with E-state index in [0.29, 0.717) is 30.4 Å². The van der Waals surface area contributed by atoms with Gasteiger partial charge in [0.1, 0.15) is 5.82 Å². The van der Waals surface area contributed by atoms with Crippen molar-refractivity contribution in [3.8, 4) is 22.9 Å². The van der Waals surface area contributed by atoms with E-state index in [1.807, 2.05) is 11.9 Å². The van der Waals surface area contributed by atoms with Crippen molar-refractivity contribution >= 4 is 0 Å². The highest BCUT2D eigenvalue weighted by Gasteiger charge is 2.14. The van der Waals surface area contributed by atoms with Crippen molar-refractivity contribution in [3.63, 3.8) is 0 Å². The molecule has 2 aromatic carbocycles. The van der Waals surface area contributed by atoms with Gasteiger partial charge in [0, 0.05) is 12.1 Å². The van der Waals surface area contributed by atoms with E-state index >= 15 is 0 Å². The van der Waals surface area contributed by atoms with Crippen molar-refractivity contribution in [1.82, 2.24) is 15.0 Å². The number of ether oxygens (including phenoxy) is 2. The highest BCUT2D eigenvalue weighted by molar-refractivity contribution is 5.53. The molecule has 1 heterocycles. The fraction of sp³-hybridized carbons (Fsp3) is 0.263. The lowest BCUT2D eigenvalue weighted by molar-refractivity contribution is -0.0512. The van der Waals surface area contributed by atoms with Gasteiger partial charge in [-0.1, -0.05) is 11.2 Å². The van der Waals surface area contributed by atoms with Crippen LogP contribution in [0.3, 0.4) is 0 Å². The lowest BCUT2D eigenvalue weighted by atomic mass is 10.2. The van der Waals surface area contributed by atoms with Crippen molar-refractivity contribution in [2.45, 2.75) is 19.7 Å². The maximum Gasteiger partial charge on any atom is 0.387 e. The molecule has 1 aromatic heterocycles. The van der Waals surface area contributed by atoms with Crippen LogP contribution in [0, 0.1) is 5.82 Å². The summed E-state index contributed by atoms with van der Waals surface area (Å²) in [4.78, 5) is 6.21. The summed E-state index contributed by atoms with van der Waals surface area (Å²) in [6.45, 7) is -2.07. The molecule has 0 saturated carbocycles. The quantitative estimate of drug-likeness (QED) is 0.574. The molecule has 0 fully saturated rings. The minimum absolute atomic E-state index is 0.0234. The van der Waals surface area contributed by atoms with Gasteiger partial charge in [0.2, 0.25) is 11.7 Å². The molecule has 3 aromatic rings. The molecule has 0 amide bonds. The van der Waals surface area contributed by atoms with Gasteiger partial charge in [-0.2, -0.15) is 13.8 Å². The Balaban J connectivity index is 1.64. The van der Waals surface area contributed by atoms with E-state index in [1.165, 1.54) is 25.3 Å². The molecule has 0 radical (unpaired) electrons. The minimum Gasteiger partial charge on any atom is -0.493 e. The lowest BCUT2D eigenvalue weighted by Gasteiger charge is -2.16. The Labute approximate surface area is 159 Å². The van der Waals surface area contributed by atoms with Gasteiger partial charge in [-0.15, -0.1) is 0 Å². The zero-order valence-electron chi connectivity index (χ0n) is 15.2. The Morgan fingerprint density at radius 1 is 1.07 bits per heavy atom. The Morgan fingerprint density at radius 2 is 1.82 bits per heavy atom. The predicted octanol–water partition coefficient (Wildman–Crippen LogP) is 4.12. The molecule has 0 aliphatic carbocycles. The number of halogens is 3. The number of hydrogen-bond donors (Lipinski definition) is 0. The molecule has 0 aliphatic heterocycles. The largest absolute Gasteiger partial charge is 0.493 e. The summed E-state index contributed by atoms with van der Waals surface area (Å²) in [6.07, 6.45) is 0. The first-order valence-corrected chi connectivity index (χ1v) is 8.33. The molecule has 0 aliphatic rings. The smallest absolute Gasteiger partial charge is 0.387 e. The van der Waals surface area contributed by atoms with Crippen LogP contribution in [0.25, 0.3) is 11.4 Å². The zero-order valence-corrected chi connectivity index (χ0v) is 15.2. The summed E-state index contributed by atoms with van der Waals surface area (Å²) in [6, 6.07) is 10.5. The first-order chi connectivity index (χ1) is 13.4. The standard InChI is InChI=1S/C19H18F3N3O3/c1-25(10-12-3-8-15(27-19(21)22)16(9-12)26-2)11-17-23-18(24-28-17)13-4-6-14(20)7-5-13/h3-9,19H,10-11H2,1-2H3. The van der Waals surface area contributed by atoms with E-state index in [2.05, 4.69) is 14.9 Å². The summed E-state index contributed by atoms with van der Waals surface area (Å²) in [5.74, 6) is 0.630. The molecule has 28 heavy (non-hydrogen) atoms. The number of aromatic nitrogens is 2. The molecule has 0 atom stereocenters. The van der Waals surface area contributed by atoms with Crippen molar-refractivity contribution < 1.29 is 27.2 Å². The fourth-order valence-electron chi connectivity index (χ4n) is 2.64. The Kier molecular flexibility index (Phi) is 6.15. The molecule has 0 saturated heterocycles. The molecule has 6 nitrogen and oxygen atoms in total. The van der Waals surface area contributed by atoms with Gasteiger partial charge in [0.15, 0.2) is 11.5 Å². The van der Waals surface area contributed by atoms with Crippen LogP contribution in [-0.2, 0) is 13.1 Å². The normalized spacial score (nSPS) is 11.2. The minimum atomic E-state index is -2.92. The van der Waals surface area contributed by atoms with E-state index in [1.54, 1.807) is 24.3 Å². The maximum absolute atomic E-state index is 13.0. The molecule has 3 rings (SSSR count). The first kappa shape index (κ1) is 19.7. The van der Waals surface area contributed by atoms with Crippen LogP contribution >= 0.6 is 0 Å². The summed E-state index contributed by atoms with van der Waals surface area (Å²) in [5, 5.41) is 3.90. The van der Waals surface area contributed by atoms with E-state index in [9.17, 15) is 13.2 Å². The molecule has 0 bridgehead atoms. The molecule has 0 unspecified atom stereocenters. The second-order valence-electron chi connectivity index (χ2n) is 6.05. The first-order valence-electron chi connectivity index (χ1n) is 8.33. The Morgan fingerprint density at radius 3 is 2.50 bits per heavy atom. The second kappa shape index (κ2) is 8.75. The molecule has 0 N–H and O–H groups in total. The summed E-state index contributed by atoms with van der Waals surface area (Å²) in [7, 11) is 3.23. The Bertz CT molecular complexity index is 916. The number of benzene rings is 2. The Hall–Kier alpha value is -3.07. The predicted molar refractivity (Wildman–Crippen MR) is 94.5 cm³/mol. The van der Waals surface area contributed by atoms with Gasteiger partial charge in [0.05, 0.1) is 13.7 Å². The van der Waals surface area contributed by atoms with E-state index in [-0.39, 0.29) is 17.3 Å². The third-order valence-electron chi connectivity index (χ3n) is 3.87. The van der Waals surface area contributed by atoms with Gasteiger partial charge >= 0.3 is 6.61 Å². The van der Waals surface area contributed by atoms with Crippen molar-refractivity contribution in [2.24, 2.45) is 0 Å². The number of hydrogen-bond acceptors (Lipinski definition) is 6. The van der Waals surface area contributed by atoms with Crippen LogP contribution in [0.4, 0.5) is 13.2 Å². The summed E-state index contributed by atoms with van der Waals surface area (Å²) in [5.41, 5.74) is 1.48. The van der Waals surface area contributed by atoms with Crippen LogP contribution in [0.5, 0.6) is 11.5 Å². The maximum atomic E-state index is 13.0. The number of methoxy groups -OCH3 is 1. The van der Waals surface area contributed by atoms with Crippen molar-refractivity contribution in [1.29, 1.82) is 0 Å². The van der Waals surface area contributed by atoms with Crippen LogP contribution in [0.1, 0.15) is 11.5 Å². The summed E-state index contributed by atoms with van der Waals surface area (Å²) < 4.78 is 52.6. The monoisotopic (exact) mass is 393 g/mol. The van der Waals surface area contributed by atoms with E-state index in [4.69, 9.17) is 9.26 Å². The molecule has 148 valence electrons. The number of rotatable bonds is 8. The highest BCUT2D eigenvalue weighted by Crippen LogP contribution is 2.30. The average Bonchev–Trinajstić information content (AvgIpc) is 3.11. The van der Waals surface area contributed by atoms with Crippen LogP contribution < -0.4 is 9.47 Å². The number of nitrogens with zero attached hydrogens (tertiary/aromatic N) is 3. The van der Waals surface area contributed by atoms with Crippen molar-refractivity contribution in [2.75, 3.05) is 14.2 Å². The number of alkyl halides is 2. The lowest BCUT2D eigenvalue weighted by Crippen LogP contribution is -2.17. The molecule has 0 spiro atoms. The van der Waals surface area contributed by atoms with Crippen LogP contribution in [-0.4, -0.2) is 35.8 Å². The SMILES string of the molecule is COc1cc(CN(C)Cc2nc(-c3ccc(F)cc3)no2)ccc1OC(F)F. The fourth-order valence-corrected chi connectivity index (χ4v) is 2.64. The van der Waals surface area contributed by atoms with E-state index in [0.717, 1.165) is 5.56 Å². The van der Waals surface area contributed by atoms with Gasteiger partial charge in [-0.3, -0.25) is 4.90 Å². The third-order valence-corrected chi connectivity index (χ3v) is 3.87. The second-order valence-corrected chi connectivity index (χ2v) is 6.05. The van der Waals surface area contributed by atoms with Crippen LogP contribution in [0.15, 0.2) is 47.0 Å². The molecular weight excluding hydrogens is 375 g/mol. The molecule has 9 heteroatoms. The zero-order chi connectivity index (χ0) is 20.1. The van der Waals surface area contributed by atoms with Gasteiger partial charge in [0.25, 0.3) is 0 Å². The average molecular weight is 393 g/mol. The van der Waals surface area contributed by atoms with E-state index < -0.39 is 6.61 Å². The van der Waals surface area contributed by atoms with Crippen molar-refractivity contribution in [3.05, 3.63) is 59.7 Å². The van der Waals surface area contributed by atoms with Gasteiger partial charge in [-0.25, -0.2) is 4.39 Å². The van der Waals surface area contributed by atoms with Gasteiger partial charge < -0.3 is 14.0 Å². The van der Waals surface area contributed by atoms with Crippen LogP contribution in [0.2, 0.25) is 0 Å². The topological polar surface area (TPSA) is 60.6 Å².